The molecule has 0 radical (unpaired) electrons. The number of carbonyl (C=O) groups is 2. The molecule has 8 nitrogen and oxygen atoms in total. The zero-order valence-electron chi connectivity index (χ0n) is 23.4. The van der Waals surface area contributed by atoms with Gasteiger partial charge in [0, 0.05) is 58.9 Å². The van der Waals surface area contributed by atoms with Gasteiger partial charge in [0.15, 0.2) is 0 Å². The van der Waals surface area contributed by atoms with Gasteiger partial charge in [0.25, 0.3) is 0 Å². The van der Waals surface area contributed by atoms with Crippen LogP contribution in [0.25, 0.3) is 0 Å². The summed E-state index contributed by atoms with van der Waals surface area (Å²) in [6.07, 6.45) is 2.50. The summed E-state index contributed by atoms with van der Waals surface area (Å²) in [6, 6.07) is 0. The maximum atomic E-state index is 11.1. The fraction of sp³-hybridized carbons (Fsp3) is 0.920. The van der Waals surface area contributed by atoms with Crippen molar-refractivity contribution in [1.29, 1.82) is 0 Å². The Hall–Kier alpha value is -1.38. The first-order chi connectivity index (χ1) is 15.9. The Morgan fingerprint density at radius 1 is 0.727 bits per heavy atom. The molecule has 2 aliphatic heterocycles. The number of carboxylic acid groups (broad SMARTS) is 1. The lowest BCUT2D eigenvalue weighted by atomic mass is 10.3. The Balaban J connectivity index is -0.000000429. The van der Waals surface area contributed by atoms with Gasteiger partial charge in [-0.05, 0) is 19.5 Å². The zero-order valence-corrected chi connectivity index (χ0v) is 23.4. The molecule has 2 fully saturated rings. The third-order valence-electron chi connectivity index (χ3n) is 4.90. The van der Waals surface area contributed by atoms with E-state index < -0.39 is 5.97 Å². The Morgan fingerprint density at radius 3 is 1.48 bits per heavy atom. The number of amides is 1. The molecule has 0 aliphatic carbocycles. The van der Waals surface area contributed by atoms with Crippen molar-refractivity contribution in [2.75, 3.05) is 79.1 Å². The number of hydrogen-bond acceptors (Lipinski definition) is 6. The fourth-order valence-corrected chi connectivity index (χ4v) is 3.18. The van der Waals surface area contributed by atoms with Crippen molar-refractivity contribution in [1.82, 2.24) is 19.6 Å². The Morgan fingerprint density at radius 2 is 1.12 bits per heavy atom. The first kappa shape index (κ1) is 36.2. The van der Waals surface area contributed by atoms with Crippen LogP contribution in [-0.2, 0) is 9.53 Å². The summed E-state index contributed by atoms with van der Waals surface area (Å²) >= 11 is 0. The van der Waals surface area contributed by atoms with E-state index in [1.807, 2.05) is 27.7 Å². The predicted octanol–water partition coefficient (Wildman–Crippen LogP) is 4.35. The molecule has 33 heavy (non-hydrogen) atoms. The van der Waals surface area contributed by atoms with E-state index in [2.05, 4.69) is 47.1 Å². The Kier molecular flexibility index (Phi) is 29.5. The van der Waals surface area contributed by atoms with Crippen molar-refractivity contribution >= 4 is 12.1 Å². The van der Waals surface area contributed by atoms with E-state index in [0.717, 1.165) is 65.4 Å². The second-order valence-electron chi connectivity index (χ2n) is 7.43. The highest BCUT2D eigenvalue weighted by Crippen LogP contribution is 2.03. The lowest BCUT2D eigenvalue weighted by Crippen LogP contribution is -2.48. The van der Waals surface area contributed by atoms with E-state index in [1.165, 1.54) is 20.0 Å². The average Bonchev–Trinajstić information content (AvgIpc) is 2.86. The third kappa shape index (κ3) is 20.9. The monoisotopic (exact) mass is 476 g/mol. The van der Waals surface area contributed by atoms with E-state index in [-0.39, 0.29) is 12.5 Å². The molecular weight excluding hydrogens is 420 g/mol. The van der Waals surface area contributed by atoms with Crippen LogP contribution in [0.2, 0.25) is 0 Å². The summed E-state index contributed by atoms with van der Waals surface area (Å²) in [7, 11) is 1.43. The van der Waals surface area contributed by atoms with Crippen LogP contribution in [0.4, 0.5) is 4.79 Å². The minimum absolute atomic E-state index is 0.198. The van der Waals surface area contributed by atoms with Crippen LogP contribution < -0.4 is 0 Å². The number of likely N-dealkylation sites (N-methyl/N-ethyl adjacent to an activating group) is 1. The van der Waals surface area contributed by atoms with E-state index in [1.54, 1.807) is 4.90 Å². The van der Waals surface area contributed by atoms with Gasteiger partial charge in [-0.25, -0.2) is 4.79 Å². The van der Waals surface area contributed by atoms with Crippen LogP contribution in [0, 0.1) is 0 Å². The molecule has 0 aromatic heterocycles. The highest BCUT2D eigenvalue weighted by atomic mass is 16.5. The molecule has 2 saturated heterocycles. The highest BCUT2D eigenvalue weighted by molar-refractivity contribution is 5.67. The van der Waals surface area contributed by atoms with Gasteiger partial charge in [0.1, 0.15) is 0 Å². The van der Waals surface area contributed by atoms with Gasteiger partial charge in [-0.15, -0.1) is 0 Å². The smallest absolute Gasteiger partial charge is 0.409 e. The van der Waals surface area contributed by atoms with E-state index >= 15 is 0 Å². The second-order valence-corrected chi connectivity index (χ2v) is 7.43. The van der Waals surface area contributed by atoms with Crippen molar-refractivity contribution in [3.05, 3.63) is 0 Å². The standard InChI is InChI=1S/2C9H18N2O2.C3H8.2C2H6/c1-3-4-10-5-7-11(8-6-10)9(12)13-2;1-2-10-5-7-11(8-6-10)4-3-9(12)13;1-3-2;2*1-2/h3-8H2,1-2H3;2-8H2,1H3,(H,12,13);3H2,1-2H3;2*1-2H3. The lowest BCUT2D eigenvalue weighted by Gasteiger charge is -2.33. The first-order valence-electron chi connectivity index (χ1n) is 13.1. The molecule has 2 aliphatic rings. The number of nitrogens with zero attached hydrogens (tertiary/aromatic N) is 4. The number of aliphatic carboxylic acids is 1. The SMILES string of the molecule is CC.CC.CCC.CCCN1CCN(C(=O)OC)CC1.CCN1CCN(CCC(=O)O)CC1. The number of carboxylic acids is 1. The van der Waals surface area contributed by atoms with Gasteiger partial charge in [-0.1, -0.05) is 61.8 Å². The lowest BCUT2D eigenvalue weighted by molar-refractivity contribution is -0.137. The van der Waals surface area contributed by atoms with Gasteiger partial charge in [-0.2, -0.15) is 0 Å². The topological polar surface area (TPSA) is 76.6 Å². The van der Waals surface area contributed by atoms with Crippen LogP contribution in [0.3, 0.4) is 0 Å². The van der Waals surface area contributed by atoms with Crippen molar-refractivity contribution in [2.45, 2.75) is 74.7 Å². The summed E-state index contributed by atoms with van der Waals surface area (Å²) in [6.45, 7) is 27.3. The van der Waals surface area contributed by atoms with Crippen LogP contribution in [0.15, 0.2) is 0 Å². The van der Waals surface area contributed by atoms with Crippen molar-refractivity contribution < 1.29 is 19.4 Å². The van der Waals surface area contributed by atoms with Crippen LogP contribution >= 0.6 is 0 Å². The molecular formula is C25H56N4O4. The van der Waals surface area contributed by atoms with Gasteiger partial charge in [-0.3, -0.25) is 9.69 Å². The summed E-state index contributed by atoms with van der Waals surface area (Å²) in [5.74, 6) is -0.696. The predicted molar refractivity (Wildman–Crippen MR) is 140 cm³/mol. The number of hydrogen-bond donors (Lipinski definition) is 1. The molecule has 1 N–H and O–H groups in total. The van der Waals surface area contributed by atoms with Crippen molar-refractivity contribution in [3.63, 3.8) is 0 Å². The minimum atomic E-state index is -0.696. The van der Waals surface area contributed by atoms with Gasteiger partial charge < -0.3 is 24.5 Å². The molecule has 2 heterocycles. The molecule has 0 bridgehead atoms. The summed E-state index contributed by atoms with van der Waals surface area (Å²) in [5.41, 5.74) is 0. The molecule has 200 valence electrons. The first-order valence-corrected chi connectivity index (χ1v) is 13.1. The molecule has 0 aromatic rings. The van der Waals surface area contributed by atoms with E-state index in [0.29, 0.717) is 6.54 Å². The number of methoxy groups -OCH3 is 1. The van der Waals surface area contributed by atoms with Gasteiger partial charge in [0.05, 0.1) is 13.5 Å². The maximum Gasteiger partial charge on any atom is 0.409 e. The maximum absolute atomic E-state index is 11.1. The Bertz CT molecular complexity index is 423. The quantitative estimate of drug-likeness (QED) is 0.611. The number of rotatable bonds is 6. The van der Waals surface area contributed by atoms with Gasteiger partial charge >= 0.3 is 12.1 Å². The zero-order chi connectivity index (χ0) is 26.1. The molecule has 1 amide bonds. The van der Waals surface area contributed by atoms with Crippen molar-refractivity contribution in [2.24, 2.45) is 0 Å². The second kappa shape index (κ2) is 26.9. The van der Waals surface area contributed by atoms with E-state index in [4.69, 9.17) is 5.11 Å². The third-order valence-corrected chi connectivity index (χ3v) is 4.90. The van der Waals surface area contributed by atoms with E-state index in [9.17, 15) is 9.59 Å². The summed E-state index contributed by atoms with van der Waals surface area (Å²) in [5, 5.41) is 8.51. The molecule has 0 atom stereocenters. The normalized spacial score (nSPS) is 16.3. The van der Waals surface area contributed by atoms with Gasteiger partial charge in [0.2, 0.25) is 0 Å². The molecule has 2 rings (SSSR count). The number of carbonyl (C=O) groups excluding carboxylic acids is 1. The fourth-order valence-electron chi connectivity index (χ4n) is 3.18. The van der Waals surface area contributed by atoms with Crippen molar-refractivity contribution in [3.8, 4) is 0 Å². The summed E-state index contributed by atoms with van der Waals surface area (Å²) < 4.78 is 4.65. The molecule has 0 spiro atoms. The van der Waals surface area contributed by atoms with Crippen LogP contribution in [0.5, 0.6) is 0 Å². The average molecular weight is 477 g/mol. The van der Waals surface area contributed by atoms with Crippen LogP contribution in [-0.4, -0.2) is 116 Å². The highest BCUT2D eigenvalue weighted by Gasteiger charge is 2.20. The molecule has 0 saturated carbocycles. The van der Waals surface area contributed by atoms with Crippen LogP contribution in [0.1, 0.15) is 74.7 Å². The minimum Gasteiger partial charge on any atom is -0.481 e. The molecule has 0 aromatic carbocycles. The summed E-state index contributed by atoms with van der Waals surface area (Å²) in [4.78, 5) is 30.2. The number of ether oxygens (including phenoxy) is 1. The molecule has 0 unspecified atom stereocenters. The Labute approximate surface area is 205 Å². The number of piperazine rings is 2. The largest absolute Gasteiger partial charge is 0.481 e. The molecule has 8 heteroatoms.